The van der Waals surface area contributed by atoms with Crippen LogP contribution < -0.4 is 10.6 Å². The first-order chi connectivity index (χ1) is 9.60. The van der Waals surface area contributed by atoms with Gasteiger partial charge in [-0.1, -0.05) is 13.3 Å². The molecule has 3 atom stereocenters. The molecular formula is C16H31N3O. The van der Waals surface area contributed by atoms with E-state index in [1.54, 1.807) is 0 Å². The van der Waals surface area contributed by atoms with Crippen molar-refractivity contribution in [3.63, 3.8) is 0 Å². The minimum atomic E-state index is -0.0794. The summed E-state index contributed by atoms with van der Waals surface area (Å²) in [5.41, 5.74) is 0. The summed E-state index contributed by atoms with van der Waals surface area (Å²) in [5.74, 6) is 0.863. The van der Waals surface area contributed by atoms with E-state index in [1.165, 1.54) is 32.4 Å². The van der Waals surface area contributed by atoms with E-state index >= 15 is 0 Å². The monoisotopic (exact) mass is 281 g/mol. The van der Waals surface area contributed by atoms with E-state index in [-0.39, 0.29) is 18.0 Å². The van der Waals surface area contributed by atoms with Crippen molar-refractivity contribution >= 4 is 5.91 Å². The highest BCUT2D eigenvalue weighted by molar-refractivity contribution is 5.81. The third-order valence-electron chi connectivity index (χ3n) is 4.60. The topological polar surface area (TPSA) is 44.4 Å². The molecular weight excluding hydrogens is 250 g/mol. The number of hydrogen-bond donors (Lipinski definition) is 2. The highest BCUT2D eigenvalue weighted by atomic mass is 16.2. The van der Waals surface area contributed by atoms with E-state index in [4.69, 9.17) is 0 Å². The first kappa shape index (κ1) is 15.8. The molecule has 3 unspecified atom stereocenters. The summed E-state index contributed by atoms with van der Waals surface area (Å²) in [7, 11) is 0. The Kier molecular flexibility index (Phi) is 5.85. The molecule has 2 fully saturated rings. The van der Waals surface area contributed by atoms with Gasteiger partial charge in [-0.2, -0.15) is 0 Å². The van der Waals surface area contributed by atoms with Crippen LogP contribution in [-0.4, -0.2) is 48.6 Å². The van der Waals surface area contributed by atoms with Gasteiger partial charge in [0.1, 0.15) is 0 Å². The zero-order valence-corrected chi connectivity index (χ0v) is 13.3. The van der Waals surface area contributed by atoms with Crippen LogP contribution >= 0.6 is 0 Å². The second-order valence-electron chi connectivity index (χ2n) is 6.71. The smallest absolute Gasteiger partial charge is 0.237 e. The molecule has 1 saturated heterocycles. The first-order valence-corrected chi connectivity index (χ1v) is 8.38. The van der Waals surface area contributed by atoms with Gasteiger partial charge in [-0.15, -0.1) is 0 Å². The highest BCUT2D eigenvalue weighted by Crippen LogP contribution is 2.31. The Balaban J connectivity index is 1.61. The minimum absolute atomic E-state index is 0.0794. The fraction of sp³-hybridized carbons (Fsp3) is 0.938. The van der Waals surface area contributed by atoms with E-state index in [1.807, 2.05) is 6.92 Å². The van der Waals surface area contributed by atoms with Crippen molar-refractivity contribution in [1.29, 1.82) is 0 Å². The largest absolute Gasteiger partial charge is 0.352 e. The van der Waals surface area contributed by atoms with Gasteiger partial charge in [0.05, 0.1) is 6.04 Å². The normalized spacial score (nSPS) is 26.4. The molecule has 0 spiro atoms. The predicted molar refractivity (Wildman–Crippen MR) is 82.7 cm³/mol. The molecule has 116 valence electrons. The second kappa shape index (κ2) is 7.41. The fourth-order valence-corrected chi connectivity index (χ4v) is 3.11. The molecule has 1 aliphatic heterocycles. The molecule has 0 radical (unpaired) electrons. The molecule has 0 aromatic carbocycles. The third kappa shape index (κ3) is 4.74. The Morgan fingerprint density at radius 2 is 2.05 bits per heavy atom. The third-order valence-corrected chi connectivity index (χ3v) is 4.60. The lowest BCUT2D eigenvalue weighted by molar-refractivity contribution is -0.123. The number of hydrogen-bond acceptors (Lipinski definition) is 3. The standard InChI is InChI=1S/C16H31N3O/c1-4-5-12(2)18-16(20)13(3)17-10-14-8-9-19(11-14)15-6-7-15/h12-15,17H,4-11H2,1-3H3,(H,18,20). The Labute approximate surface area is 123 Å². The van der Waals surface area contributed by atoms with Crippen LogP contribution in [0.1, 0.15) is 52.9 Å². The van der Waals surface area contributed by atoms with Crippen LogP contribution in [0, 0.1) is 5.92 Å². The average molecular weight is 281 g/mol. The van der Waals surface area contributed by atoms with Gasteiger partial charge in [0.15, 0.2) is 0 Å². The van der Waals surface area contributed by atoms with Crippen molar-refractivity contribution in [3.05, 3.63) is 0 Å². The zero-order chi connectivity index (χ0) is 14.5. The summed E-state index contributed by atoms with van der Waals surface area (Å²) >= 11 is 0. The Hall–Kier alpha value is -0.610. The summed E-state index contributed by atoms with van der Waals surface area (Å²) in [6, 6.07) is 1.09. The number of amides is 1. The lowest BCUT2D eigenvalue weighted by atomic mass is 10.1. The van der Waals surface area contributed by atoms with Gasteiger partial charge >= 0.3 is 0 Å². The van der Waals surface area contributed by atoms with Crippen molar-refractivity contribution in [2.24, 2.45) is 5.92 Å². The average Bonchev–Trinajstić information content (AvgIpc) is 3.15. The van der Waals surface area contributed by atoms with E-state index in [9.17, 15) is 4.79 Å². The van der Waals surface area contributed by atoms with Crippen LogP contribution in [0.3, 0.4) is 0 Å². The first-order valence-electron chi connectivity index (χ1n) is 8.38. The molecule has 2 rings (SSSR count). The molecule has 2 N–H and O–H groups in total. The highest BCUT2D eigenvalue weighted by Gasteiger charge is 2.34. The number of rotatable bonds is 8. The lowest BCUT2D eigenvalue weighted by Crippen LogP contribution is -2.46. The van der Waals surface area contributed by atoms with Crippen molar-refractivity contribution in [1.82, 2.24) is 15.5 Å². The maximum Gasteiger partial charge on any atom is 0.237 e. The number of likely N-dealkylation sites (tertiary alicyclic amines) is 1. The second-order valence-corrected chi connectivity index (χ2v) is 6.71. The van der Waals surface area contributed by atoms with Gasteiger partial charge in [0, 0.05) is 18.6 Å². The van der Waals surface area contributed by atoms with Crippen molar-refractivity contribution < 1.29 is 4.79 Å². The van der Waals surface area contributed by atoms with Crippen molar-refractivity contribution in [2.45, 2.75) is 71.0 Å². The molecule has 20 heavy (non-hydrogen) atoms. The van der Waals surface area contributed by atoms with Gasteiger partial charge in [0.2, 0.25) is 5.91 Å². The Morgan fingerprint density at radius 1 is 1.30 bits per heavy atom. The molecule has 1 aliphatic carbocycles. The molecule has 0 aromatic heterocycles. The van der Waals surface area contributed by atoms with Crippen LogP contribution in [0.15, 0.2) is 0 Å². The maximum atomic E-state index is 12.0. The summed E-state index contributed by atoms with van der Waals surface area (Å²) in [6.45, 7) is 9.65. The molecule has 0 aromatic rings. The quantitative estimate of drug-likeness (QED) is 0.712. The molecule has 1 amide bonds. The summed E-state index contributed by atoms with van der Waals surface area (Å²) in [5, 5.41) is 6.49. The van der Waals surface area contributed by atoms with Gasteiger partial charge in [0.25, 0.3) is 0 Å². The molecule has 1 heterocycles. The van der Waals surface area contributed by atoms with Gasteiger partial charge in [-0.05, 0) is 58.5 Å². The number of nitrogens with zero attached hydrogens (tertiary/aromatic N) is 1. The number of carbonyl (C=O) groups excluding carboxylic acids is 1. The number of nitrogens with one attached hydrogen (secondary N) is 2. The van der Waals surface area contributed by atoms with E-state index < -0.39 is 0 Å². The van der Waals surface area contributed by atoms with Gasteiger partial charge < -0.3 is 15.5 Å². The molecule has 4 nitrogen and oxygen atoms in total. The molecule has 2 aliphatic rings. The molecule has 4 heteroatoms. The van der Waals surface area contributed by atoms with E-state index in [0.29, 0.717) is 0 Å². The van der Waals surface area contributed by atoms with Crippen LogP contribution in [0.5, 0.6) is 0 Å². The van der Waals surface area contributed by atoms with E-state index in [2.05, 4.69) is 29.4 Å². The summed E-state index contributed by atoms with van der Waals surface area (Å²) in [6.07, 6.45) is 6.24. The van der Waals surface area contributed by atoms with E-state index in [0.717, 1.165) is 31.3 Å². The van der Waals surface area contributed by atoms with Crippen LogP contribution in [-0.2, 0) is 4.79 Å². The minimum Gasteiger partial charge on any atom is -0.352 e. The fourth-order valence-electron chi connectivity index (χ4n) is 3.11. The van der Waals surface area contributed by atoms with Crippen molar-refractivity contribution in [3.8, 4) is 0 Å². The summed E-state index contributed by atoms with van der Waals surface area (Å²) in [4.78, 5) is 14.7. The van der Waals surface area contributed by atoms with Gasteiger partial charge in [-0.25, -0.2) is 0 Å². The lowest BCUT2D eigenvalue weighted by Gasteiger charge is -2.20. The molecule has 0 bridgehead atoms. The zero-order valence-electron chi connectivity index (χ0n) is 13.3. The Morgan fingerprint density at radius 3 is 2.70 bits per heavy atom. The SMILES string of the molecule is CCCC(C)NC(=O)C(C)NCC1CCN(C2CC2)C1. The summed E-state index contributed by atoms with van der Waals surface area (Å²) < 4.78 is 0. The Bertz CT molecular complexity index is 317. The van der Waals surface area contributed by atoms with Crippen LogP contribution in [0.25, 0.3) is 0 Å². The predicted octanol–water partition coefficient (Wildman–Crippen LogP) is 1.75. The van der Waals surface area contributed by atoms with Crippen molar-refractivity contribution in [2.75, 3.05) is 19.6 Å². The number of carbonyl (C=O) groups is 1. The molecule has 1 saturated carbocycles. The maximum absolute atomic E-state index is 12.0. The van der Waals surface area contributed by atoms with Crippen LogP contribution in [0.2, 0.25) is 0 Å². The van der Waals surface area contributed by atoms with Gasteiger partial charge in [-0.3, -0.25) is 4.79 Å². The van der Waals surface area contributed by atoms with Crippen LogP contribution in [0.4, 0.5) is 0 Å².